The van der Waals surface area contributed by atoms with Crippen LogP contribution in [0.1, 0.15) is 56.9 Å². The number of hydrogen-bond acceptors (Lipinski definition) is 6. The van der Waals surface area contributed by atoms with Gasteiger partial charge in [-0.3, -0.25) is 19.5 Å². The Hall–Kier alpha value is -2.03. The van der Waals surface area contributed by atoms with Gasteiger partial charge in [-0.15, -0.1) is 0 Å². The highest BCUT2D eigenvalue weighted by molar-refractivity contribution is 5.92. The lowest BCUT2D eigenvalue weighted by molar-refractivity contribution is -0.142. The Morgan fingerprint density at radius 3 is 2.71 bits per heavy atom. The first kappa shape index (κ1) is 26.0. The van der Waals surface area contributed by atoms with E-state index < -0.39 is 6.10 Å². The zero-order valence-corrected chi connectivity index (χ0v) is 21.4. The third-order valence-electron chi connectivity index (χ3n) is 8.99. The molecule has 2 heterocycles. The average molecular weight is 487 g/mol. The van der Waals surface area contributed by atoms with Crippen LogP contribution in [0.5, 0.6) is 0 Å². The van der Waals surface area contributed by atoms with Crippen molar-refractivity contribution in [2.45, 2.75) is 58.6 Å². The smallest absolute Gasteiger partial charge is 0.270 e. The van der Waals surface area contributed by atoms with E-state index in [4.69, 9.17) is 4.74 Å². The normalized spacial score (nSPS) is 34.5. The van der Waals surface area contributed by atoms with Crippen molar-refractivity contribution in [2.24, 2.45) is 29.1 Å². The number of aliphatic hydroxyl groups is 1. The van der Waals surface area contributed by atoms with E-state index >= 15 is 0 Å². The molecule has 7 atom stereocenters. The van der Waals surface area contributed by atoms with E-state index in [9.17, 15) is 14.7 Å². The molecule has 0 aromatic carbocycles. The number of morpholine rings is 1. The summed E-state index contributed by atoms with van der Waals surface area (Å²) in [6, 6.07) is 5.31. The number of hydrogen-bond donors (Lipinski definition) is 3. The summed E-state index contributed by atoms with van der Waals surface area (Å²) in [7, 11) is 0. The Bertz CT molecular complexity index is 862. The molecule has 8 nitrogen and oxygen atoms in total. The highest BCUT2D eigenvalue weighted by Gasteiger charge is 2.53. The van der Waals surface area contributed by atoms with Gasteiger partial charge in [0.25, 0.3) is 5.91 Å². The molecule has 0 unspecified atom stereocenters. The molecule has 1 aromatic rings. The molecule has 3 N–H and O–H groups in total. The predicted molar refractivity (Wildman–Crippen MR) is 134 cm³/mol. The molecule has 1 saturated heterocycles. The molecule has 4 rings (SSSR count). The fourth-order valence-electron chi connectivity index (χ4n) is 6.75. The molecule has 2 amide bonds. The van der Waals surface area contributed by atoms with Crippen molar-refractivity contribution in [3.05, 3.63) is 30.1 Å². The van der Waals surface area contributed by atoms with E-state index in [1.807, 2.05) is 13.0 Å². The number of nitrogens with zero attached hydrogens (tertiary/aromatic N) is 2. The van der Waals surface area contributed by atoms with Gasteiger partial charge >= 0.3 is 0 Å². The highest BCUT2D eigenvalue weighted by atomic mass is 16.5. The highest BCUT2D eigenvalue weighted by Crippen LogP contribution is 2.55. The maximum Gasteiger partial charge on any atom is 0.270 e. The molecule has 194 valence electrons. The van der Waals surface area contributed by atoms with E-state index in [0.29, 0.717) is 12.2 Å². The van der Waals surface area contributed by atoms with Gasteiger partial charge in [0, 0.05) is 44.3 Å². The number of nitrogens with one attached hydrogen (secondary N) is 2. The molecule has 3 aliphatic rings. The maximum absolute atomic E-state index is 13.0. The summed E-state index contributed by atoms with van der Waals surface area (Å²) in [5.74, 6) is -0.335. The molecule has 3 fully saturated rings. The van der Waals surface area contributed by atoms with Gasteiger partial charge in [0.1, 0.15) is 5.69 Å². The van der Waals surface area contributed by atoms with Crippen molar-refractivity contribution < 1.29 is 19.4 Å². The zero-order valence-electron chi connectivity index (χ0n) is 21.4. The van der Waals surface area contributed by atoms with E-state index in [-0.39, 0.29) is 46.9 Å². The van der Waals surface area contributed by atoms with Gasteiger partial charge < -0.3 is 20.5 Å². The van der Waals surface area contributed by atoms with Crippen LogP contribution in [0.2, 0.25) is 0 Å². The predicted octanol–water partition coefficient (Wildman–Crippen LogP) is 2.09. The summed E-state index contributed by atoms with van der Waals surface area (Å²) >= 11 is 0. The second kappa shape index (κ2) is 11.4. The first-order valence-corrected chi connectivity index (χ1v) is 13.3. The summed E-state index contributed by atoms with van der Waals surface area (Å²) < 4.78 is 5.38. The second-order valence-corrected chi connectivity index (χ2v) is 11.1. The molecule has 2 aliphatic carbocycles. The lowest BCUT2D eigenvalue weighted by atomic mass is 9.51. The number of amides is 2. The minimum absolute atomic E-state index is 0.0198. The number of rotatable bonds is 7. The summed E-state index contributed by atoms with van der Waals surface area (Å²) in [4.78, 5) is 32.2. The summed E-state index contributed by atoms with van der Waals surface area (Å²) in [6.07, 6.45) is 4.75. The van der Waals surface area contributed by atoms with Crippen LogP contribution in [0.15, 0.2) is 24.4 Å². The van der Waals surface area contributed by atoms with E-state index in [1.54, 1.807) is 18.3 Å². The third kappa shape index (κ3) is 5.87. The number of carbonyl (C=O) groups excluding carboxylic acids is 2. The lowest BCUT2D eigenvalue weighted by Gasteiger charge is -2.56. The fourth-order valence-corrected chi connectivity index (χ4v) is 6.75. The van der Waals surface area contributed by atoms with Gasteiger partial charge in [-0.25, -0.2) is 0 Å². The van der Waals surface area contributed by atoms with Crippen molar-refractivity contribution in [3.8, 4) is 0 Å². The third-order valence-corrected chi connectivity index (χ3v) is 8.99. The molecule has 2 saturated carbocycles. The standard InChI is InChI=1S/C27H42N4O4/c1-18(25(33)29-12-13-31-14-16-35-17-15-31)20-7-9-27(3)10-8-21(19(2)23(27)24(20)32)30-26(34)22-6-4-5-11-28-22/h4-6,11,18-21,23-24,32H,7-10,12-17H2,1-3H3,(H,29,33)(H,30,34)/t18-,19-,20-,21-,23+,24-,27+/m0/s1. The minimum Gasteiger partial charge on any atom is -0.392 e. The lowest BCUT2D eigenvalue weighted by Crippen LogP contribution is -2.58. The van der Waals surface area contributed by atoms with E-state index in [1.165, 1.54) is 0 Å². The minimum atomic E-state index is -0.571. The van der Waals surface area contributed by atoms with E-state index in [2.05, 4.69) is 34.4 Å². The number of carbonyl (C=O) groups is 2. The molecule has 8 heteroatoms. The molecular formula is C27H42N4O4. The number of aliphatic hydroxyl groups excluding tert-OH is 1. The summed E-state index contributed by atoms with van der Waals surface area (Å²) in [6.45, 7) is 11.1. The molecule has 0 spiro atoms. The first-order valence-electron chi connectivity index (χ1n) is 13.3. The van der Waals surface area contributed by atoms with Crippen molar-refractivity contribution in [1.29, 1.82) is 0 Å². The zero-order chi connectivity index (χ0) is 25.0. The Morgan fingerprint density at radius 1 is 1.26 bits per heavy atom. The molecular weight excluding hydrogens is 444 g/mol. The first-order chi connectivity index (χ1) is 16.8. The molecule has 0 radical (unpaired) electrons. The number of ether oxygens (including phenoxy) is 1. The van der Waals surface area contributed by atoms with Gasteiger partial charge in [-0.1, -0.05) is 26.8 Å². The van der Waals surface area contributed by atoms with Crippen LogP contribution in [0, 0.1) is 29.1 Å². The summed E-state index contributed by atoms with van der Waals surface area (Å²) in [5.41, 5.74) is 0.436. The van der Waals surface area contributed by atoms with Crippen molar-refractivity contribution in [3.63, 3.8) is 0 Å². The Morgan fingerprint density at radius 2 is 2.00 bits per heavy atom. The number of pyridine rings is 1. The Balaban J connectivity index is 1.36. The van der Waals surface area contributed by atoms with Gasteiger partial charge in [-0.05, 0) is 61.0 Å². The van der Waals surface area contributed by atoms with Crippen molar-refractivity contribution >= 4 is 11.8 Å². The number of fused-ring (bicyclic) bond motifs is 1. The quantitative estimate of drug-likeness (QED) is 0.545. The van der Waals surface area contributed by atoms with Crippen LogP contribution in [0.4, 0.5) is 0 Å². The van der Waals surface area contributed by atoms with Gasteiger partial charge in [0.2, 0.25) is 5.91 Å². The molecule has 1 aliphatic heterocycles. The van der Waals surface area contributed by atoms with Crippen LogP contribution < -0.4 is 10.6 Å². The van der Waals surface area contributed by atoms with Crippen molar-refractivity contribution in [2.75, 3.05) is 39.4 Å². The van der Waals surface area contributed by atoms with Crippen LogP contribution in [0.25, 0.3) is 0 Å². The fraction of sp³-hybridized carbons (Fsp3) is 0.741. The Kier molecular flexibility index (Phi) is 8.45. The maximum atomic E-state index is 13.0. The van der Waals surface area contributed by atoms with Crippen LogP contribution in [0.3, 0.4) is 0 Å². The van der Waals surface area contributed by atoms with Crippen LogP contribution in [-0.2, 0) is 9.53 Å². The SMILES string of the molecule is C[C@@H]1[C@@H]2[C@@H](O)[C@H]([C@H](C)C(=O)NCCN3CCOCC3)CC[C@]2(C)CC[C@@H]1NC(=O)c1ccccn1. The van der Waals surface area contributed by atoms with Crippen molar-refractivity contribution in [1.82, 2.24) is 20.5 Å². The van der Waals surface area contributed by atoms with E-state index in [0.717, 1.165) is 58.5 Å². The monoisotopic (exact) mass is 486 g/mol. The molecule has 1 aromatic heterocycles. The second-order valence-electron chi connectivity index (χ2n) is 11.1. The van der Waals surface area contributed by atoms with Gasteiger partial charge in [0.05, 0.1) is 19.3 Å². The Labute approximate surface area is 209 Å². The van der Waals surface area contributed by atoms with Crippen LogP contribution in [-0.4, -0.2) is 78.3 Å². The average Bonchev–Trinajstić information content (AvgIpc) is 2.86. The van der Waals surface area contributed by atoms with Gasteiger partial charge in [-0.2, -0.15) is 0 Å². The van der Waals surface area contributed by atoms with Gasteiger partial charge in [0.15, 0.2) is 0 Å². The number of aromatic nitrogens is 1. The topological polar surface area (TPSA) is 104 Å². The molecule has 0 bridgehead atoms. The molecule has 35 heavy (non-hydrogen) atoms. The largest absolute Gasteiger partial charge is 0.392 e. The van der Waals surface area contributed by atoms with Crippen LogP contribution >= 0.6 is 0 Å². The summed E-state index contributed by atoms with van der Waals surface area (Å²) in [5, 5.41) is 17.9.